The van der Waals surface area contributed by atoms with Crippen LogP contribution in [0.1, 0.15) is 41.4 Å². The Bertz CT molecular complexity index is 707. The quantitative estimate of drug-likeness (QED) is 0.846. The number of rotatable bonds is 2. The lowest BCUT2D eigenvalue weighted by Gasteiger charge is -2.34. The van der Waals surface area contributed by atoms with E-state index in [1.165, 1.54) is 42.9 Å². The number of imidazole rings is 1. The van der Waals surface area contributed by atoms with Gasteiger partial charge in [-0.2, -0.15) is 0 Å². The predicted octanol–water partition coefficient (Wildman–Crippen LogP) is 3.56. The minimum Gasteiger partial charge on any atom is -0.328 e. The Kier molecular flexibility index (Phi) is 3.82. The van der Waals surface area contributed by atoms with Crippen LogP contribution in [0.15, 0.2) is 37.0 Å². The van der Waals surface area contributed by atoms with E-state index in [0.29, 0.717) is 11.8 Å². The number of likely N-dealkylation sites (tertiary alicyclic amines) is 1. The Morgan fingerprint density at radius 2 is 1.96 bits per heavy atom. The zero-order valence-corrected chi connectivity index (χ0v) is 13.9. The zero-order valence-electron chi connectivity index (χ0n) is 13.9. The van der Waals surface area contributed by atoms with Gasteiger partial charge in [-0.3, -0.25) is 0 Å². The summed E-state index contributed by atoms with van der Waals surface area (Å²) in [6.07, 6.45) is 7.54. The van der Waals surface area contributed by atoms with Gasteiger partial charge >= 0.3 is 0 Å². The van der Waals surface area contributed by atoms with Gasteiger partial charge in [-0.1, -0.05) is 30.8 Å². The first-order valence-electron chi connectivity index (χ1n) is 8.72. The van der Waals surface area contributed by atoms with Crippen LogP contribution in [0, 0.1) is 5.92 Å². The van der Waals surface area contributed by atoms with Gasteiger partial charge in [0.15, 0.2) is 0 Å². The SMILES string of the molecule is C=Cc1cnc2n1CCc1ccccc1C2C1CCN(C)CC1. The summed E-state index contributed by atoms with van der Waals surface area (Å²) in [6, 6.07) is 8.99. The van der Waals surface area contributed by atoms with Crippen LogP contribution in [0.5, 0.6) is 0 Å². The Morgan fingerprint density at radius 1 is 1.17 bits per heavy atom. The Hall–Kier alpha value is -1.87. The maximum absolute atomic E-state index is 4.84. The van der Waals surface area contributed by atoms with Gasteiger partial charge in [-0.05, 0) is 62.5 Å². The first kappa shape index (κ1) is 14.7. The molecule has 0 aliphatic carbocycles. The predicted molar refractivity (Wildman–Crippen MR) is 94.5 cm³/mol. The Morgan fingerprint density at radius 3 is 2.74 bits per heavy atom. The van der Waals surface area contributed by atoms with Crippen LogP contribution in [0.2, 0.25) is 0 Å². The van der Waals surface area contributed by atoms with Gasteiger partial charge in [0.25, 0.3) is 0 Å². The molecule has 2 aliphatic rings. The van der Waals surface area contributed by atoms with E-state index in [4.69, 9.17) is 4.98 Å². The van der Waals surface area contributed by atoms with Crippen LogP contribution >= 0.6 is 0 Å². The highest BCUT2D eigenvalue weighted by Gasteiger charge is 2.34. The molecule has 1 aromatic carbocycles. The molecule has 1 unspecified atom stereocenters. The molecule has 2 aliphatic heterocycles. The van der Waals surface area contributed by atoms with Crippen molar-refractivity contribution >= 4 is 6.08 Å². The largest absolute Gasteiger partial charge is 0.328 e. The Labute approximate surface area is 138 Å². The highest BCUT2D eigenvalue weighted by Crippen LogP contribution is 2.40. The molecule has 1 fully saturated rings. The number of hydrogen-bond acceptors (Lipinski definition) is 2. The minimum atomic E-state index is 0.427. The van der Waals surface area contributed by atoms with Crippen LogP contribution < -0.4 is 0 Å². The zero-order chi connectivity index (χ0) is 15.8. The summed E-state index contributed by atoms with van der Waals surface area (Å²) in [7, 11) is 2.23. The molecule has 1 aromatic heterocycles. The molecule has 120 valence electrons. The summed E-state index contributed by atoms with van der Waals surface area (Å²) in [5.74, 6) is 2.36. The number of hydrogen-bond donors (Lipinski definition) is 0. The average molecular weight is 307 g/mol. The number of benzene rings is 1. The van der Waals surface area contributed by atoms with Crippen molar-refractivity contribution in [3.63, 3.8) is 0 Å². The van der Waals surface area contributed by atoms with Crippen LogP contribution in [0.3, 0.4) is 0 Å². The van der Waals surface area contributed by atoms with E-state index < -0.39 is 0 Å². The van der Waals surface area contributed by atoms with Crippen molar-refractivity contribution in [2.24, 2.45) is 5.92 Å². The second-order valence-corrected chi connectivity index (χ2v) is 6.96. The summed E-state index contributed by atoms with van der Waals surface area (Å²) in [4.78, 5) is 7.29. The molecule has 3 heteroatoms. The van der Waals surface area contributed by atoms with Gasteiger partial charge in [-0.15, -0.1) is 0 Å². The fourth-order valence-corrected chi connectivity index (χ4v) is 4.32. The topological polar surface area (TPSA) is 21.1 Å². The number of nitrogens with zero attached hydrogens (tertiary/aromatic N) is 3. The lowest BCUT2D eigenvalue weighted by molar-refractivity contribution is 0.204. The third-order valence-corrected chi connectivity index (χ3v) is 5.63. The first-order chi connectivity index (χ1) is 11.3. The van der Waals surface area contributed by atoms with E-state index in [1.54, 1.807) is 0 Å². The van der Waals surface area contributed by atoms with Crippen molar-refractivity contribution in [1.29, 1.82) is 0 Å². The number of fused-ring (bicyclic) bond motifs is 2. The minimum absolute atomic E-state index is 0.427. The highest BCUT2D eigenvalue weighted by molar-refractivity contribution is 5.45. The summed E-state index contributed by atoms with van der Waals surface area (Å²) < 4.78 is 2.40. The summed E-state index contributed by atoms with van der Waals surface area (Å²) in [5.41, 5.74) is 4.16. The molecule has 3 heterocycles. The van der Waals surface area contributed by atoms with Crippen molar-refractivity contribution in [2.45, 2.75) is 31.7 Å². The van der Waals surface area contributed by atoms with Crippen molar-refractivity contribution in [2.75, 3.05) is 20.1 Å². The molecule has 0 N–H and O–H groups in total. The Balaban J connectivity index is 1.81. The number of aryl methyl sites for hydroxylation is 1. The second kappa shape index (κ2) is 5.97. The van der Waals surface area contributed by atoms with Crippen molar-refractivity contribution < 1.29 is 0 Å². The van der Waals surface area contributed by atoms with E-state index in [2.05, 4.69) is 47.4 Å². The standard InChI is InChI=1S/C20H25N3/c1-3-17-14-21-20-19(16-8-11-22(2)12-9-16)18-7-5-4-6-15(18)10-13-23(17)20/h3-7,14,16,19H,1,8-13H2,2H3. The number of aromatic nitrogens is 2. The van der Waals surface area contributed by atoms with E-state index >= 15 is 0 Å². The lowest BCUT2D eigenvalue weighted by atomic mass is 9.78. The van der Waals surface area contributed by atoms with Crippen LogP contribution in [-0.4, -0.2) is 34.6 Å². The third-order valence-electron chi connectivity index (χ3n) is 5.63. The van der Waals surface area contributed by atoms with Gasteiger partial charge in [0.2, 0.25) is 0 Å². The monoisotopic (exact) mass is 307 g/mol. The molecule has 0 radical (unpaired) electrons. The molecular weight excluding hydrogens is 282 g/mol. The third kappa shape index (κ3) is 2.53. The van der Waals surface area contributed by atoms with Gasteiger partial charge in [0.05, 0.1) is 11.9 Å². The summed E-state index contributed by atoms with van der Waals surface area (Å²) in [5, 5.41) is 0. The normalized spacial score (nSPS) is 22.2. The molecule has 1 atom stereocenters. The molecule has 0 bridgehead atoms. The smallest absolute Gasteiger partial charge is 0.116 e. The lowest BCUT2D eigenvalue weighted by Crippen LogP contribution is -2.33. The fourth-order valence-electron chi connectivity index (χ4n) is 4.32. The second-order valence-electron chi connectivity index (χ2n) is 6.96. The van der Waals surface area contributed by atoms with E-state index in [0.717, 1.165) is 18.7 Å². The van der Waals surface area contributed by atoms with Gasteiger partial charge in [-0.25, -0.2) is 4.98 Å². The molecule has 0 saturated carbocycles. The number of piperidine rings is 1. The molecule has 1 saturated heterocycles. The average Bonchev–Trinajstić information content (AvgIpc) is 2.91. The molecule has 4 rings (SSSR count). The van der Waals surface area contributed by atoms with Crippen LogP contribution in [0.25, 0.3) is 6.08 Å². The van der Waals surface area contributed by atoms with Gasteiger partial charge in [0, 0.05) is 12.5 Å². The van der Waals surface area contributed by atoms with E-state index in [1.807, 2.05) is 12.3 Å². The van der Waals surface area contributed by atoms with E-state index in [9.17, 15) is 0 Å². The van der Waals surface area contributed by atoms with Crippen LogP contribution in [0.4, 0.5) is 0 Å². The maximum atomic E-state index is 4.84. The molecule has 2 aromatic rings. The van der Waals surface area contributed by atoms with E-state index in [-0.39, 0.29) is 0 Å². The van der Waals surface area contributed by atoms with Gasteiger partial charge in [0.1, 0.15) is 5.82 Å². The molecule has 0 amide bonds. The molecular formula is C20H25N3. The fraction of sp³-hybridized carbons (Fsp3) is 0.450. The van der Waals surface area contributed by atoms with Gasteiger partial charge < -0.3 is 9.47 Å². The molecule has 0 spiro atoms. The molecule has 23 heavy (non-hydrogen) atoms. The first-order valence-corrected chi connectivity index (χ1v) is 8.72. The summed E-state index contributed by atoms with van der Waals surface area (Å²) in [6.45, 7) is 7.37. The van der Waals surface area contributed by atoms with Crippen LogP contribution in [-0.2, 0) is 13.0 Å². The maximum Gasteiger partial charge on any atom is 0.116 e. The van der Waals surface area contributed by atoms with Crippen molar-refractivity contribution in [1.82, 2.24) is 14.5 Å². The summed E-state index contributed by atoms with van der Waals surface area (Å²) >= 11 is 0. The highest BCUT2D eigenvalue weighted by atomic mass is 15.1. The molecule has 3 nitrogen and oxygen atoms in total. The van der Waals surface area contributed by atoms with Crippen molar-refractivity contribution in [3.8, 4) is 0 Å². The van der Waals surface area contributed by atoms with Crippen molar-refractivity contribution in [3.05, 3.63) is 59.7 Å².